The highest BCUT2D eigenvalue weighted by Gasteiger charge is 2.35. The molecule has 0 aromatic rings. The topological polar surface area (TPSA) is 32.3 Å². The van der Waals surface area contributed by atoms with Gasteiger partial charge in [0, 0.05) is 31.6 Å². The molecule has 3 heteroatoms. The van der Waals surface area contributed by atoms with Crippen molar-refractivity contribution in [2.45, 2.75) is 82.3 Å². The summed E-state index contributed by atoms with van der Waals surface area (Å²) in [6.45, 7) is 0. The lowest BCUT2D eigenvalue weighted by Gasteiger charge is -2.34. The highest BCUT2D eigenvalue weighted by molar-refractivity contribution is 5.76. The maximum absolute atomic E-state index is 12.4. The largest absolute Gasteiger partial charge is 0.343 e. The molecule has 2 saturated heterocycles. The van der Waals surface area contributed by atoms with Crippen molar-refractivity contribution in [2.24, 2.45) is 5.92 Å². The number of rotatable bonds is 3. The van der Waals surface area contributed by atoms with Crippen LogP contribution in [-0.2, 0) is 4.79 Å². The first-order valence-corrected chi connectivity index (χ1v) is 8.24. The number of amides is 1. The summed E-state index contributed by atoms with van der Waals surface area (Å²) in [5, 5.41) is 3.66. The van der Waals surface area contributed by atoms with Gasteiger partial charge in [-0.2, -0.15) is 0 Å². The van der Waals surface area contributed by atoms with Gasteiger partial charge in [-0.05, 0) is 44.4 Å². The average Bonchev–Trinajstić information content (AvgIpc) is 2.78. The van der Waals surface area contributed by atoms with Crippen molar-refractivity contribution in [1.82, 2.24) is 10.2 Å². The summed E-state index contributed by atoms with van der Waals surface area (Å²) in [5.41, 5.74) is 0. The third-order valence-corrected chi connectivity index (χ3v) is 5.55. The van der Waals surface area contributed by atoms with E-state index in [1.165, 1.54) is 57.8 Å². The summed E-state index contributed by atoms with van der Waals surface area (Å²) in [7, 11) is 2.04. The highest BCUT2D eigenvalue weighted by Crippen LogP contribution is 2.33. The number of piperidine rings is 1. The zero-order valence-electron chi connectivity index (χ0n) is 12.2. The third-order valence-electron chi connectivity index (χ3n) is 5.55. The standard InChI is InChI=1S/C16H28N2O/c1-18(15-5-3-2-4-6-15)16(19)11-12-9-13-7-8-14(10-12)17-13/h12-15,17H,2-11H2,1H3. The fraction of sp³-hybridized carbons (Fsp3) is 0.938. The lowest BCUT2D eigenvalue weighted by atomic mass is 9.88. The average molecular weight is 264 g/mol. The van der Waals surface area contributed by atoms with Crippen LogP contribution in [0.25, 0.3) is 0 Å². The van der Waals surface area contributed by atoms with E-state index in [1.54, 1.807) is 0 Å². The van der Waals surface area contributed by atoms with E-state index in [-0.39, 0.29) is 0 Å². The molecule has 2 heterocycles. The second-order valence-corrected chi connectivity index (χ2v) is 6.98. The summed E-state index contributed by atoms with van der Waals surface area (Å²) < 4.78 is 0. The smallest absolute Gasteiger partial charge is 0.222 e. The molecule has 1 saturated carbocycles. The van der Waals surface area contributed by atoms with Gasteiger partial charge in [-0.15, -0.1) is 0 Å². The maximum Gasteiger partial charge on any atom is 0.222 e. The van der Waals surface area contributed by atoms with Gasteiger partial charge in [0.15, 0.2) is 0 Å². The van der Waals surface area contributed by atoms with Crippen LogP contribution in [0.15, 0.2) is 0 Å². The number of fused-ring (bicyclic) bond motifs is 2. The van der Waals surface area contributed by atoms with Crippen LogP contribution < -0.4 is 5.32 Å². The molecule has 2 unspecified atom stereocenters. The van der Waals surface area contributed by atoms with Crippen molar-refractivity contribution in [2.75, 3.05) is 7.05 Å². The normalized spacial score (nSPS) is 35.3. The Hall–Kier alpha value is -0.570. The third kappa shape index (κ3) is 3.13. The molecule has 0 aromatic heterocycles. The van der Waals surface area contributed by atoms with Gasteiger partial charge in [0.05, 0.1) is 0 Å². The van der Waals surface area contributed by atoms with Gasteiger partial charge >= 0.3 is 0 Å². The minimum atomic E-state index is 0.401. The molecule has 2 aliphatic heterocycles. The second kappa shape index (κ2) is 5.82. The Kier molecular flexibility index (Phi) is 4.11. The summed E-state index contributed by atoms with van der Waals surface area (Å²) in [5.74, 6) is 1.04. The molecule has 0 spiro atoms. The van der Waals surface area contributed by atoms with Crippen molar-refractivity contribution >= 4 is 5.91 Å². The molecular weight excluding hydrogens is 236 g/mol. The zero-order chi connectivity index (χ0) is 13.2. The molecule has 19 heavy (non-hydrogen) atoms. The number of nitrogens with one attached hydrogen (secondary N) is 1. The van der Waals surface area contributed by atoms with E-state index in [2.05, 4.69) is 10.2 Å². The number of hydrogen-bond donors (Lipinski definition) is 1. The monoisotopic (exact) mass is 264 g/mol. The Labute approximate surface area is 117 Å². The van der Waals surface area contributed by atoms with Crippen LogP contribution in [0.2, 0.25) is 0 Å². The molecule has 1 amide bonds. The fourth-order valence-corrected chi connectivity index (χ4v) is 4.40. The van der Waals surface area contributed by atoms with Gasteiger partial charge in [-0.3, -0.25) is 4.79 Å². The highest BCUT2D eigenvalue weighted by atomic mass is 16.2. The molecule has 108 valence electrons. The van der Waals surface area contributed by atoms with E-state index in [9.17, 15) is 4.79 Å². The molecule has 1 N–H and O–H groups in total. The molecule has 2 atom stereocenters. The van der Waals surface area contributed by atoms with Crippen LogP contribution in [-0.4, -0.2) is 36.0 Å². The second-order valence-electron chi connectivity index (χ2n) is 6.98. The molecule has 3 nitrogen and oxygen atoms in total. The molecule has 0 aromatic carbocycles. The van der Waals surface area contributed by atoms with Gasteiger partial charge in [-0.1, -0.05) is 19.3 Å². The Balaban J connectivity index is 1.50. The van der Waals surface area contributed by atoms with Crippen LogP contribution >= 0.6 is 0 Å². The van der Waals surface area contributed by atoms with Crippen molar-refractivity contribution < 1.29 is 4.79 Å². The van der Waals surface area contributed by atoms with Crippen LogP contribution in [0.3, 0.4) is 0 Å². The van der Waals surface area contributed by atoms with Crippen molar-refractivity contribution in [1.29, 1.82) is 0 Å². The van der Waals surface area contributed by atoms with E-state index < -0.39 is 0 Å². The van der Waals surface area contributed by atoms with E-state index in [1.807, 2.05) is 7.05 Å². The number of carbonyl (C=O) groups excluding carboxylic acids is 1. The number of carbonyl (C=O) groups is 1. The van der Waals surface area contributed by atoms with Gasteiger partial charge in [-0.25, -0.2) is 0 Å². The quantitative estimate of drug-likeness (QED) is 0.850. The lowest BCUT2D eigenvalue weighted by Crippen LogP contribution is -2.42. The van der Waals surface area contributed by atoms with E-state index in [0.717, 1.165) is 6.42 Å². The van der Waals surface area contributed by atoms with E-state index in [4.69, 9.17) is 0 Å². The predicted molar refractivity (Wildman–Crippen MR) is 76.9 cm³/mol. The zero-order valence-corrected chi connectivity index (χ0v) is 12.2. The first-order chi connectivity index (χ1) is 9.22. The molecular formula is C16H28N2O. The Morgan fingerprint density at radius 2 is 1.68 bits per heavy atom. The predicted octanol–water partition coefficient (Wildman–Crippen LogP) is 2.70. The first kappa shape index (κ1) is 13.4. The van der Waals surface area contributed by atoms with E-state index in [0.29, 0.717) is 30.0 Å². The number of nitrogens with zero attached hydrogens (tertiary/aromatic N) is 1. The SMILES string of the molecule is CN(C(=O)CC1CC2CCC(C1)N2)C1CCCCC1. The Bertz CT molecular complexity index is 313. The summed E-state index contributed by atoms with van der Waals surface area (Å²) in [6.07, 6.45) is 12.3. The van der Waals surface area contributed by atoms with Gasteiger partial charge < -0.3 is 10.2 Å². The van der Waals surface area contributed by atoms with Gasteiger partial charge in [0.1, 0.15) is 0 Å². The van der Waals surface area contributed by atoms with Crippen molar-refractivity contribution in [3.8, 4) is 0 Å². The Morgan fingerprint density at radius 3 is 2.32 bits per heavy atom. The van der Waals surface area contributed by atoms with Crippen molar-refractivity contribution in [3.05, 3.63) is 0 Å². The van der Waals surface area contributed by atoms with Crippen molar-refractivity contribution in [3.63, 3.8) is 0 Å². The molecule has 2 bridgehead atoms. The van der Waals surface area contributed by atoms with Gasteiger partial charge in [0.2, 0.25) is 5.91 Å². The van der Waals surface area contributed by atoms with Crippen LogP contribution in [0.1, 0.15) is 64.2 Å². The molecule has 3 aliphatic rings. The first-order valence-electron chi connectivity index (χ1n) is 8.24. The van der Waals surface area contributed by atoms with Crippen LogP contribution in [0, 0.1) is 5.92 Å². The molecule has 1 aliphatic carbocycles. The molecule has 0 radical (unpaired) electrons. The lowest BCUT2D eigenvalue weighted by molar-refractivity contribution is -0.133. The van der Waals surface area contributed by atoms with Crippen LogP contribution in [0.5, 0.6) is 0 Å². The minimum Gasteiger partial charge on any atom is -0.343 e. The minimum absolute atomic E-state index is 0.401. The summed E-state index contributed by atoms with van der Waals surface area (Å²) >= 11 is 0. The Morgan fingerprint density at radius 1 is 1.05 bits per heavy atom. The number of hydrogen-bond acceptors (Lipinski definition) is 2. The molecule has 3 rings (SSSR count). The van der Waals surface area contributed by atoms with Crippen LogP contribution in [0.4, 0.5) is 0 Å². The van der Waals surface area contributed by atoms with E-state index >= 15 is 0 Å². The maximum atomic E-state index is 12.4. The summed E-state index contributed by atoms with van der Waals surface area (Å²) in [4.78, 5) is 14.5. The molecule has 3 fully saturated rings. The van der Waals surface area contributed by atoms with Gasteiger partial charge in [0.25, 0.3) is 0 Å². The fourth-order valence-electron chi connectivity index (χ4n) is 4.40. The summed E-state index contributed by atoms with van der Waals surface area (Å²) in [6, 6.07) is 1.94.